The average Bonchev–Trinajstić information content (AvgIpc) is 2.13. The standard InChI is InChI=1S/C11H15F5O2/c12-10(13)3-1-2-8(5-10)4-9(17)6-18-7-11(14,15)16/h8H,1-7H2. The van der Waals surface area contributed by atoms with Gasteiger partial charge in [0.05, 0.1) is 0 Å². The lowest BCUT2D eigenvalue weighted by molar-refractivity contribution is -0.175. The average molecular weight is 274 g/mol. The van der Waals surface area contributed by atoms with Crippen molar-refractivity contribution in [1.29, 1.82) is 0 Å². The summed E-state index contributed by atoms with van der Waals surface area (Å²) < 4.78 is 65.4. The Kier molecular flexibility index (Phi) is 5.07. The summed E-state index contributed by atoms with van der Waals surface area (Å²) in [5.41, 5.74) is 0. The minimum absolute atomic E-state index is 0.132. The summed E-state index contributed by atoms with van der Waals surface area (Å²) in [4.78, 5) is 11.3. The van der Waals surface area contributed by atoms with E-state index in [9.17, 15) is 26.7 Å². The molecule has 1 aliphatic carbocycles. The van der Waals surface area contributed by atoms with E-state index in [1.807, 2.05) is 0 Å². The van der Waals surface area contributed by atoms with Crippen molar-refractivity contribution in [2.24, 2.45) is 5.92 Å². The van der Waals surface area contributed by atoms with Crippen LogP contribution in [0, 0.1) is 5.92 Å². The van der Waals surface area contributed by atoms with Gasteiger partial charge in [0.25, 0.3) is 0 Å². The molecule has 0 amide bonds. The van der Waals surface area contributed by atoms with Crippen LogP contribution in [0.15, 0.2) is 0 Å². The highest BCUT2D eigenvalue weighted by Crippen LogP contribution is 2.38. The number of rotatable bonds is 5. The molecule has 7 heteroatoms. The van der Waals surface area contributed by atoms with Gasteiger partial charge in [-0.1, -0.05) is 0 Å². The summed E-state index contributed by atoms with van der Waals surface area (Å²) in [6.07, 6.45) is -4.29. The van der Waals surface area contributed by atoms with Crippen molar-refractivity contribution >= 4 is 5.78 Å². The first-order valence-electron chi connectivity index (χ1n) is 5.72. The Morgan fingerprint density at radius 3 is 2.56 bits per heavy atom. The van der Waals surface area contributed by atoms with Crippen LogP contribution in [0.25, 0.3) is 0 Å². The number of carbonyl (C=O) groups is 1. The van der Waals surface area contributed by atoms with Crippen LogP contribution in [-0.4, -0.2) is 31.1 Å². The van der Waals surface area contributed by atoms with Crippen LogP contribution >= 0.6 is 0 Å². The first kappa shape index (κ1) is 15.3. The normalized spacial score (nSPS) is 23.9. The van der Waals surface area contributed by atoms with E-state index in [0.717, 1.165) is 0 Å². The Morgan fingerprint density at radius 1 is 1.33 bits per heavy atom. The molecule has 0 radical (unpaired) electrons. The molecule has 0 bridgehead atoms. The van der Waals surface area contributed by atoms with E-state index in [2.05, 4.69) is 4.74 Å². The summed E-state index contributed by atoms with van der Waals surface area (Å²) in [6, 6.07) is 0. The molecule has 0 aromatic rings. The molecule has 0 aromatic carbocycles. The largest absolute Gasteiger partial charge is 0.411 e. The van der Waals surface area contributed by atoms with E-state index in [4.69, 9.17) is 0 Å². The van der Waals surface area contributed by atoms with Crippen molar-refractivity contribution < 1.29 is 31.5 Å². The third kappa shape index (κ3) is 6.28. The summed E-state index contributed by atoms with van der Waals surface area (Å²) in [7, 11) is 0. The SMILES string of the molecule is O=C(COCC(F)(F)F)CC1CCCC(F)(F)C1. The van der Waals surface area contributed by atoms with Gasteiger partial charge in [0.1, 0.15) is 13.2 Å². The van der Waals surface area contributed by atoms with Crippen molar-refractivity contribution in [1.82, 2.24) is 0 Å². The minimum Gasteiger partial charge on any atom is -0.364 e. The zero-order valence-corrected chi connectivity index (χ0v) is 9.73. The number of hydrogen-bond acceptors (Lipinski definition) is 2. The van der Waals surface area contributed by atoms with Crippen LogP contribution in [0.3, 0.4) is 0 Å². The van der Waals surface area contributed by atoms with Gasteiger partial charge >= 0.3 is 6.18 Å². The number of ether oxygens (including phenoxy) is 1. The molecule has 2 nitrogen and oxygen atoms in total. The highest BCUT2D eigenvalue weighted by Gasteiger charge is 2.36. The van der Waals surface area contributed by atoms with E-state index >= 15 is 0 Å². The van der Waals surface area contributed by atoms with Gasteiger partial charge in [-0.15, -0.1) is 0 Å². The van der Waals surface area contributed by atoms with Gasteiger partial charge in [-0.25, -0.2) is 8.78 Å². The Hall–Kier alpha value is -0.720. The summed E-state index contributed by atoms with van der Waals surface area (Å²) >= 11 is 0. The van der Waals surface area contributed by atoms with Gasteiger partial charge in [-0.2, -0.15) is 13.2 Å². The predicted octanol–water partition coefficient (Wildman–Crippen LogP) is 3.35. The van der Waals surface area contributed by atoms with E-state index in [-0.39, 0.29) is 19.3 Å². The summed E-state index contributed by atoms with van der Waals surface area (Å²) in [5.74, 6) is -3.76. The van der Waals surface area contributed by atoms with Gasteiger partial charge in [0.2, 0.25) is 5.92 Å². The van der Waals surface area contributed by atoms with Crippen LogP contribution in [-0.2, 0) is 9.53 Å². The molecule has 0 aliphatic heterocycles. The third-order valence-corrected chi connectivity index (χ3v) is 2.79. The van der Waals surface area contributed by atoms with E-state index in [1.165, 1.54) is 0 Å². The van der Waals surface area contributed by atoms with Crippen molar-refractivity contribution in [3.05, 3.63) is 0 Å². The molecule has 1 aliphatic rings. The highest BCUT2D eigenvalue weighted by atomic mass is 19.4. The lowest BCUT2D eigenvalue weighted by Gasteiger charge is -2.28. The highest BCUT2D eigenvalue weighted by molar-refractivity contribution is 5.79. The third-order valence-electron chi connectivity index (χ3n) is 2.79. The number of Topliss-reactive ketones (excluding diaryl/α,β-unsaturated/α-hetero) is 1. The monoisotopic (exact) mass is 274 g/mol. The number of carbonyl (C=O) groups excluding carboxylic acids is 1. The number of halogens is 5. The van der Waals surface area contributed by atoms with E-state index in [1.54, 1.807) is 0 Å². The molecule has 18 heavy (non-hydrogen) atoms. The molecule has 0 heterocycles. The topological polar surface area (TPSA) is 26.3 Å². The zero-order chi connectivity index (χ0) is 13.8. The maximum atomic E-state index is 13.0. The van der Waals surface area contributed by atoms with Crippen LogP contribution in [0.4, 0.5) is 22.0 Å². The predicted molar refractivity (Wildman–Crippen MR) is 53.4 cm³/mol. The van der Waals surface area contributed by atoms with E-state index < -0.39 is 37.0 Å². The van der Waals surface area contributed by atoms with Gasteiger partial charge in [0, 0.05) is 19.3 Å². The fourth-order valence-electron chi connectivity index (χ4n) is 2.11. The zero-order valence-electron chi connectivity index (χ0n) is 9.73. The molecule has 106 valence electrons. The number of alkyl halides is 5. The Balaban J connectivity index is 2.24. The van der Waals surface area contributed by atoms with Crippen molar-refractivity contribution in [2.75, 3.05) is 13.2 Å². The fraction of sp³-hybridized carbons (Fsp3) is 0.909. The van der Waals surface area contributed by atoms with Gasteiger partial charge in [0.15, 0.2) is 5.78 Å². The number of hydrogen-bond donors (Lipinski definition) is 0. The number of ketones is 1. The smallest absolute Gasteiger partial charge is 0.364 e. The van der Waals surface area contributed by atoms with Gasteiger partial charge < -0.3 is 4.74 Å². The van der Waals surface area contributed by atoms with Crippen molar-refractivity contribution in [2.45, 2.75) is 44.2 Å². The Morgan fingerprint density at radius 2 is 2.00 bits per heavy atom. The lowest BCUT2D eigenvalue weighted by atomic mass is 9.83. The molecule has 1 fully saturated rings. The van der Waals surface area contributed by atoms with E-state index in [0.29, 0.717) is 12.8 Å². The Bertz CT molecular complexity index is 288. The lowest BCUT2D eigenvalue weighted by Crippen LogP contribution is -2.28. The second kappa shape index (κ2) is 5.95. The first-order chi connectivity index (χ1) is 8.18. The van der Waals surface area contributed by atoms with Crippen LogP contribution < -0.4 is 0 Å². The maximum absolute atomic E-state index is 13.0. The fourth-order valence-corrected chi connectivity index (χ4v) is 2.11. The molecule has 1 atom stereocenters. The first-order valence-corrected chi connectivity index (χ1v) is 5.72. The maximum Gasteiger partial charge on any atom is 0.411 e. The molecular formula is C11H15F5O2. The van der Waals surface area contributed by atoms with Crippen LogP contribution in [0.5, 0.6) is 0 Å². The molecule has 0 saturated heterocycles. The van der Waals surface area contributed by atoms with Crippen LogP contribution in [0.2, 0.25) is 0 Å². The van der Waals surface area contributed by atoms with Crippen molar-refractivity contribution in [3.8, 4) is 0 Å². The minimum atomic E-state index is -4.47. The quantitative estimate of drug-likeness (QED) is 0.719. The second-order valence-corrected chi connectivity index (χ2v) is 4.67. The summed E-state index contributed by atoms with van der Waals surface area (Å²) in [6.45, 7) is -2.15. The van der Waals surface area contributed by atoms with Gasteiger partial charge in [-0.3, -0.25) is 4.79 Å². The van der Waals surface area contributed by atoms with Gasteiger partial charge in [-0.05, 0) is 18.8 Å². The second-order valence-electron chi connectivity index (χ2n) is 4.67. The molecular weight excluding hydrogens is 259 g/mol. The molecule has 1 saturated carbocycles. The van der Waals surface area contributed by atoms with Crippen LogP contribution in [0.1, 0.15) is 32.1 Å². The Labute approximate surface area is 101 Å². The molecule has 0 spiro atoms. The molecule has 0 N–H and O–H groups in total. The summed E-state index contributed by atoms with van der Waals surface area (Å²) in [5, 5.41) is 0. The van der Waals surface area contributed by atoms with Crippen molar-refractivity contribution in [3.63, 3.8) is 0 Å². The molecule has 1 rings (SSSR count). The molecule has 0 aromatic heterocycles. The molecule has 1 unspecified atom stereocenters.